The van der Waals surface area contributed by atoms with E-state index in [4.69, 9.17) is 4.74 Å². The molecule has 0 unspecified atom stereocenters. The summed E-state index contributed by atoms with van der Waals surface area (Å²) < 4.78 is 5.78. The SMILES string of the molecule is CC(=O)Nc1ccc(SCCCOc2ccc(C)c(C)c2)cc1. The first-order valence-corrected chi connectivity index (χ1v) is 8.73. The third kappa shape index (κ3) is 5.99. The Kier molecular flexibility index (Phi) is 6.53. The molecule has 0 atom stereocenters. The first kappa shape index (κ1) is 17.4. The van der Waals surface area contributed by atoms with Crippen LogP contribution < -0.4 is 10.1 Å². The monoisotopic (exact) mass is 329 g/mol. The van der Waals surface area contributed by atoms with Crippen molar-refractivity contribution in [1.29, 1.82) is 0 Å². The molecule has 1 amide bonds. The molecule has 23 heavy (non-hydrogen) atoms. The van der Waals surface area contributed by atoms with Gasteiger partial charge in [0.2, 0.25) is 5.91 Å². The number of carbonyl (C=O) groups excluding carboxylic acids is 1. The number of hydrogen-bond acceptors (Lipinski definition) is 3. The molecule has 1 N–H and O–H groups in total. The van der Waals surface area contributed by atoms with Crippen molar-refractivity contribution in [2.24, 2.45) is 0 Å². The van der Waals surface area contributed by atoms with Gasteiger partial charge < -0.3 is 10.1 Å². The molecule has 122 valence electrons. The van der Waals surface area contributed by atoms with Crippen molar-refractivity contribution in [2.45, 2.75) is 32.1 Å². The van der Waals surface area contributed by atoms with E-state index in [-0.39, 0.29) is 5.91 Å². The number of nitrogens with one attached hydrogen (secondary N) is 1. The molecule has 2 aromatic carbocycles. The maximum Gasteiger partial charge on any atom is 0.221 e. The van der Waals surface area contributed by atoms with E-state index in [2.05, 4.69) is 31.3 Å². The van der Waals surface area contributed by atoms with Crippen molar-refractivity contribution in [1.82, 2.24) is 0 Å². The quantitative estimate of drug-likeness (QED) is 0.584. The Morgan fingerprint density at radius 1 is 1.09 bits per heavy atom. The minimum absolute atomic E-state index is 0.0473. The summed E-state index contributed by atoms with van der Waals surface area (Å²) in [4.78, 5) is 12.2. The van der Waals surface area contributed by atoms with Crippen LogP contribution >= 0.6 is 11.8 Å². The van der Waals surface area contributed by atoms with Crippen molar-refractivity contribution in [3.05, 3.63) is 53.6 Å². The van der Waals surface area contributed by atoms with Gasteiger partial charge in [-0.05, 0) is 67.8 Å². The summed E-state index contributed by atoms with van der Waals surface area (Å²) >= 11 is 1.80. The molecule has 3 nitrogen and oxygen atoms in total. The van der Waals surface area contributed by atoms with Crippen LogP contribution in [-0.2, 0) is 4.79 Å². The smallest absolute Gasteiger partial charge is 0.221 e. The molecule has 0 aromatic heterocycles. The van der Waals surface area contributed by atoms with E-state index in [1.54, 1.807) is 11.8 Å². The fourth-order valence-corrected chi connectivity index (χ4v) is 2.91. The van der Waals surface area contributed by atoms with E-state index in [1.165, 1.54) is 22.9 Å². The highest BCUT2D eigenvalue weighted by molar-refractivity contribution is 7.99. The molecule has 0 aliphatic heterocycles. The van der Waals surface area contributed by atoms with Gasteiger partial charge in [-0.3, -0.25) is 4.79 Å². The summed E-state index contributed by atoms with van der Waals surface area (Å²) in [5.74, 6) is 1.90. The standard InChI is InChI=1S/C19H23NO2S/c1-14-5-8-18(13-15(14)2)22-11-4-12-23-19-9-6-17(7-10-19)20-16(3)21/h5-10,13H,4,11-12H2,1-3H3,(H,20,21). The lowest BCUT2D eigenvalue weighted by molar-refractivity contribution is -0.114. The Balaban J connectivity index is 1.68. The summed E-state index contributed by atoms with van der Waals surface area (Å²) in [6.45, 7) is 6.44. The fraction of sp³-hybridized carbons (Fsp3) is 0.316. The maximum absolute atomic E-state index is 11.0. The summed E-state index contributed by atoms with van der Waals surface area (Å²) in [7, 11) is 0. The van der Waals surface area contributed by atoms with Crippen LogP contribution in [-0.4, -0.2) is 18.3 Å². The van der Waals surface area contributed by atoms with Crippen LogP contribution in [0, 0.1) is 13.8 Å². The molecule has 0 radical (unpaired) electrons. The summed E-state index contributed by atoms with van der Waals surface area (Å²) in [5.41, 5.74) is 3.38. The highest BCUT2D eigenvalue weighted by Crippen LogP contribution is 2.21. The van der Waals surface area contributed by atoms with Crippen LogP contribution in [0.3, 0.4) is 0 Å². The Morgan fingerprint density at radius 3 is 2.48 bits per heavy atom. The molecule has 4 heteroatoms. The van der Waals surface area contributed by atoms with Crippen LogP contribution in [0.15, 0.2) is 47.4 Å². The Labute approximate surface area is 142 Å². The number of rotatable bonds is 7. The van der Waals surface area contributed by atoms with E-state index in [0.717, 1.165) is 30.2 Å². The number of anilines is 1. The van der Waals surface area contributed by atoms with Crippen molar-refractivity contribution in [2.75, 3.05) is 17.7 Å². The molecular formula is C19H23NO2S. The normalized spacial score (nSPS) is 10.4. The highest BCUT2D eigenvalue weighted by atomic mass is 32.2. The van der Waals surface area contributed by atoms with Gasteiger partial charge in [-0.25, -0.2) is 0 Å². The highest BCUT2D eigenvalue weighted by Gasteiger charge is 1.99. The van der Waals surface area contributed by atoms with Gasteiger partial charge in [0.1, 0.15) is 5.75 Å². The molecule has 0 spiro atoms. The second-order valence-electron chi connectivity index (χ2n) is 5.50. The van der Waals surface area contributed by atoms with Crippen molar-refractivity contribution < 1.29 is 9.53 Å². The van der Waals surface area contributed by atoms with Gasteiger partial charge in [-0.2, -0.15) is 0 Å². The predicted octanol–water partition coefficient (Wildman–Crippen LogP) is 4.82. The number of hydrogen-bond donors (Lipinski definition) is 1. The lowest BCUT2D eigenvalue weighted by atomic mass is 10.1. The number of aryl methyl sites for hydroxylation is 2. The van der Waals surface area contributed by atoms with Crippen LogP contribution in [0.2, 0.25) is 0 Å². The molecule has 0 heterocycles. The van der Waals surface area contributed by atoms with Gasteiger partial charge in [0.25, 0.3) is 0 Å². The molecule has 2 rings (SSSR count). The first-order valence-electron chi connectivity index (χ1n) is 7.75. The Morgan fingerprint density at radius 2 is 1.83 bits per heavy atom. The number of thioether (sulfide) groups is 1. The minimum Gasteiger partial charge on any atom is -0.494 e. The first-order chi connectivity index (χ1) is 11.0. The summed E-state index contributed by atoms with van der Waals surface area (Å²) in [6, 6.07) is 14.1. The van der Waals surface area contributed by atoms with Crippen LogP contribution in [0.1, 0.15) is 24.5 Å². The minimum atomic E-state index is -0.0473. The van der Waals surface area contributed by atoms with E-state index < -0.39 is 0 Å². The maximum atomic E-state index is 11.0. The second kappa shape index (κ2) is 8.63. The Bertz CT molecular complexity index is 653. The fourth-order valence-electron chi connectivity index (χ4n) is 2.08. The number of ether oxygens (including phenoxy) is 1. The average molecular weight is 329 g/mol. The van der Waals surface area contributed by atoms with E-state index >= 15 is 0 Å². The van der Waals surface area contributed by atoms with Crippen LogP contribution in [0.5, 0.6) is 5.75 Å². The van der Waals surface area contributed by atoms with Gasteiger partial charge in [-0.15, -0.1) is 11.8 Å². The topological polar surface area (TPSA) is 38.3 Å². The van der Waals surface area contributed by atoms with Crippen molar-refractivity contribution in [3.8, 4) is 5.75 Å². The lowest BCUT2D eigenvalue weighted by Gasteiger charge is -2.08. The molecule has 0 saturated carbocycles. The van der Waals surface area contributed by atoms with Gasteiger partial charge >= 0.3 is 0 Å². The van der Waals surface area contributed by atoms with Gasteiger partial charge in [-0.1, -0.05) is 6.07 Å². The zero-order valence-electron chi connectivity index (χ0n) is 13.9. The molecule has 0 saturated heterocycles. The lowest BCUT2D eigenvalue weighted by Crippen LogP contribution is -2.05. The molecule has 0 fully saturated rings. The Hall–Kier alpha value is -1.94. The molecule has 0 aliphatic rings. The summed E-state index contributed by atoms with van der Waals surface area (Å²) in [6.07, 6.45) is 0.991. The average Bonchev–Trinajstić information content (AvgIpc) is 2.51. The third-order valence-corrected chi connectivity index (χ3v) is 4.58. The van der Waals surface area contributed by atoms with Crippen molar-refractivity contribution >= 4 is 23.4 Å². The zero-order valence-corrected chi connectivity index (χ0v) is 14.7. The van der Waals surface area contributed by atoms with E-state index in [0.29, 0.717) is 0 Å². The molecule has 0 bridgehead atoms. The molecule has 2 aromatic rings. The second-order valence-corrected chi connectivity index (χ2v) is 6.67. The number of amides is 1. The zero-order chi connectivity index (χ0) is 16.7. The predicted molar refractivity (Wildman–Crippen MR) is 97.5 cm³/mol. The van der Waals surface area contributed by atoms with E-state index in [1.807, 2.05) is 30.3 Å². The number of carbonyl (C=O) groups is 1. The summed E-state index contributed by atoms with van der Waals surface area (Å²) in [5, 5.41) is 2.77. The van der Waals surface area contributed by atoms with Gasteiger partial charge in [0.05, 0.1) is 6.61 Å². The van der Waals surface area contributed by atoms with Crippen LogP contribution in [0.25, 0.3) is 0 Å². The van der Waals surface area contributed by atoms with Gasteiger partial charge in [0.15, 0.2) is 0 Å². The third-order valence-electron chi connectivity index (χ3n) is 3.48. The molecular weight excluding hydrogens is 306 g/mol. The number of benzene rings is 2. The van der Waals surface area contributed by atoms with Crippen molar-refractivity contribution in [3.63, 3.8) is 0 Å². The largest absolute Gasteiger partial charge is 0.494 e. The molecule has 0 aliphatic carbocycles. The van der Waals surface area contributed by atoms with Gasteiger partial charge in [0, 0.05) is 23.3 Å². The van der Waals surface area contributed by atoms with E-state index in [9.17, 15) is 4.79 Å². The van der Waals surface area contributed by atoms with Crippen LogP contribution in [0.4, 0.5) is 5.69 Å².